The second-order valence-corrected chi connectivity index (χ2v) is 7.59. The van der Waals surface area contributed by atoms with Crippen LogP contribution in [0.5, 0.6) is 5.75 Å². The Morgan fingerprint density at radius 1 is 1.03 bits per heavy atom. The second-order valence-electron chi connectivity index (χ2n) is 6.59. The zero-order valence-electron chi connectivity index (χ0n) is 16.7. The van der Waals surface area contributed by atoms with Crippen LogP contribution in [-0.2, 0) is 11.2 Å². The van der Waals surface area contributed by atoms with E-state index in [9.17, 15) is 4.79 Å². The number of aromatic nitrogens is 2. The second kappa shape index (κ2) is 10.6. The van der Waals surface area contributed by atoms with Crippen molar-refractivity contribution in [3.63, 3.8) is 0 Å². The highest BCUT2D eigenvalue weighted by Crippen LogP contribution is 2.28. The Hall–Kier alpha value is -2.86. The fourth-order valence-corrected chi connectivity index (χ4v) is 3.48. The van der Waals surface area contributed by atoms with E-state index in [0.29, 0.717) is 5.03 Å². The molecular weight excluding hydrogens is 382 g/mol. The van der Waals surface area contributed by atoms with Crippen molar-refractivity contribution in [2.75, 3.05) is 18.2 Å². The van der Waals surface area contributed by atoms with Gasteiger partial charge in [-0.2, -0.15) is 0 Å². The van der Waals surface area contributed by atoms with Crippen LogP contribution < -0.4 is 10.1 Å². The lowest BCUT2D eigenvalue weighted by atomic mass is 10.1. The molecule has 0 unspecified atom stereocenters. The van der Waals surface area contributed by atoms with E-state index in [1.807, 2.05) is 48.5 Å². The van der Waals surface area contributed by atoms with E-state index in [-0.39, 0.29) is 11.7 Å². The zero-order valence-corrected chi connectivity index (χ0v) is 17.5. The molecule has 29 heavy (non-hydrogen) atoms. The smallest absolute Gasteiger partial charge is 0.234 e. The molecule has 0 saturated heterocycles. The van der Waals surface area contributed by atoms with Crippen molar-refractivity contribution in [1.82, 2.24) is 10.2 Å². The molecule has 0 fully saturated rings. The van der Waals surface area contributed by atoms with Crippen molar-refractivity contribution in [3.8, 4) is 17.0 Å². The van der Waals surface area contributed by atoms with E-state index < -0.39 is 0 Å². The average Bonchev–Trinajstić information content (AvgIpc) is 2.77. The minimum atomic E-state index is -0.0630. The standard InChI is InChI=1S/C23H25N3O2S/c1-3-4-7-17-10-12-18(13-11-17)24-22(27)16-29-23-15-14-20(25-26-23)19-8-5-6-9-21(19)28-2/h5-6,8-15H,3-4,7,16H2,1-2H3,(H,24,27). The van der Waals surface area contributed by atoms with Gasteiger partial charge in [-0.15, -0.1) is 10.2 Å². The molecule has 3 aromatic rings. The molecule has 1 amide bonds. The minimum absolute atomic E-state index is 0.0630. The van der Waals surface area contributed by atoms with Gasteiger partial charge in [0, 0.05) is 11.3 Å². The molecule has 2 aromatic carbocycles. The lowest BCUT2D eigenvalue weighted by Crippen LogP contribution is -2.14. The van der Waals surface area contributed by atoms with Crippen molar-refractivity contribution in [2.45, 2.75) is 31.2 Å². The number of unbranched alkanes of at least 4 members (excludes halogenated alkanes) is 1. The summed E-state index contributed by atoms with van der Waals surface area (Å²) in [5, 5.41) is 12.1. The van der Waals surface area contributed by atoms with Crippen LogP contribution in [0.25, 0.3) is 11.3 Å². The maximum absolute atomic E-state index is 12.2. The Bertz CT molecular complexity index is 928. The topological polar surface area (TPSA) is 64.1 Å². The average molecular weight is 408 g/mol. The van der Waals surface area contributed by atoms with E-state index in [1.54, 1.807) is 7.11 Å². The predicted octanol–water partition coefficient (Wildman–Crippen LogP) is 5.23. The number of thioether (sulfide) groups is 1. The van der Waals surface area contributed by atoms with Gasteiger partial charge in [-0.3, -0.25) is 4.79 Å². The number of methoxy groups -OCH3 is 1. The Morgan fingerprint density at radius 2 is 1.83 bits per heavy atom. The molecule has 1 N–H and O–H groups in total. The summed E-state index contributed by atoms with van der Waals surface area (Å²) >= 11 is 1.36. The van der Waals surface area contributed by atoms with Crippen LogP contribution in [-0.4, -0.2) is 29.0 Å². The highest BCUT2D eigenvalue weighted by molar-refractivity contribution is 7.99. The summed E-state index contributed by atoms with van der Waals surface area (Å²) in [5.74, 6) is 0.967. The SMILES string of the molecule is CCCCc1ccc(NC(=O)CSc2ccc(-c3ccccc3OC)nn2)cc1. The van der Waals surface area contributed by atoms with Crippen LogP contribution in [0, 0.1) is 0 Å². The number of amides is 1. The van der Waals surface area contributed by atoms with Crippen molar-refractivity contribution in [1.29, 1.82) is 0 Å². The molecule has 5 nitrogen and oxygen atoms in total. The summed E-state index contributed by atoms with van der Waals surface area (Å²) in [7, 11) is 1.63. The number of benzene rings is 2. The lowest BCUT2D eigenvalue weighted by Gasteiger charge is -2.08. The Labute approximate surface area is 175 Å². The third kappa shape index (κ3) is 6.06. The third-order valence-electron chi connectivity index (χ3n) is 4.43. The first kappa shape index (κ1) is 20.9. The van der Waals surface area contributed by atoms with Gasteiger partial charge in [0.1, 0.15) is 10.8 Å². The van der Waals surface area contributed by atoms with Crippen LogP contribution in [0.4, 0.5) is 5.69 Å². The number of hydrogen-bond acceptors (Lipinski definition) is 5. The normalized spacial score (nSPS) is 10.6. The quantitative estimate of drug-likeness (QED) is 0.492. The first-order valence-corrected chi connectivity index (χ1v) is 10.7. The number of rotatable bonds is 9. The molecule has 0 aliphatic carbocycles. The zero-order chi connectivity index (χ0) is 20.5. The molecule has 0 atom stereocenters. The number of aryl methyl sites for hydroxylation is 1. The highest BCUT2D eigenvalue weighted by Gasteiger charge is 2.09. The number of ether oxygens (including phenoxy) is 1. The Morgan fingerprint density at radius 3 is 2.52 bits per heavy atom. The third-order valence-corrected chi connectivity index (χ3v) is 5.35. The van der Waals surface area contributed by atoms with Gasteiger partial charge < -0.3 is 10.1 Å². The lowest BCUT2D eigenvalue weighted by molar-refractivity contribution is -0.113. The maximum Gasteiger partial charge on any atom is 0.234 e. The van der Waals surface area contributed by atoms with E-state index in [4.69, 9.17) is 4.74 Å². The number of carbonyl (C=O) groups is 1. The molecule has 0 aliphatic heterocycles. The summed E-state index contributed by atoms with van der Waals surface area (Å²) in [5.41, 5.74) is 3.73. The highest BCUT2D eigenvalue weighted by atomic mass is 32.2. The van der Waals surface area contributed by atoms with Gasteiger partial charge in [-0.1, -0.05) is 49.4 Å². The van der Waals surface area contributed by atoms with E-state index in [0.717, 1.165) is 29.1 Å². The van der Waals surface area contributed by atoms with Crippen molar-refractivity contribution in [2.24, 2.45) is 0 Å². The monoisotopic (exact) mass is 407 g/mol. The summed E-state index contributed by atoms with van der Waals surface area (Å²) in [6, 6.07) is 19.5. The minimum Gasteiger partial charge on any atom is -0.496 e. The van der Waals surface area contributed by atoms with Crippen LogP contribution in [0.3, 0.4) is 0 Å². The molecule has 0 aliphatic rings. The van der Waals surface area contributed by atoms with Crippen molar-refractivity contribution >= 4 is 23.4 Å². The van der Waals surface area contributed by atoms with E-state index in [1.165, 1.54) is 30.2 Å². The molecule has 1 aromatic heterocycles. The largest absolute Gasteiger partial charge is 0.496 e. The van der Waals surface area contributed by atoms with Crippen molar-refractivity contribution in [3.05, 3.63) is 66.2 Å². The predicted molar refractivity (Wildman–Crippen MR) is 118 cm³/mol. The molecule has 0 bridgehead atoms. The Balaban J connectivity index is 1.52. The van der Waals surface area contributed by atoms with Gasteiger partial charge >= 0.3 is 0 Å². The van der Waals surface area contributed by atoms with Gasteiger partial charge in [0.05, 0.1) is 18.6 Å². The van der Waals surface area contributed by atoms with Crippen LogP contribution in [0.2, 0.25) is 0 Å². The summed E-state index contributed by atoms with van der Waals surface area (Å²) in [4.78, 5) is 12.2. The number of para-hydroxylation sites is 1. The van der Waals surface area contributed by atoms with E-state index >= 15 is 0 Å². The van der Waals surface area contributed by atoms with Gasteiger partial charge in [0.25, 0.3) is 0 Å². The fraction of sp³-hybridized carbons (Fsp3) is 0.261. The molecule has 0 radical (unpaired) electrons. The molecule has 0 spiro atoms. The number of carbonyl (C=O) groups excluding carboxylic acids is 1. The molecule has 150 valence electrons. The molecule has 1 heterocycles. The first-order chi connectivity index (χ1) is 14.2. The maximum atomic E-state index is 12.2. The summed E-state index contributed by atoms with van der Waals surface area (Å²) in [6.07, 6.45) is 3.43. The van der Waals surface area contributed by atoms with Gasteiger partial charge in [-0.25, -0.2) is 0 Å². The number of nitrogens with one attached hydrogen (secondary N) is 1. The number of hydrogen-bond donors (Lipinski definition) is 1. The summed E-state index contributed by atoms with van der Waals surface area (Å²) in [6.45, 7) is 2.18. The van der Waals surface area contributed by atoms with Gasteiger partial charge in [0.15, 0.2) is 0 Å². The molecule has 6 heteroatoms. The molecular formula is C23H25N3O2S. The van der Waals surface area contributed by atoms with Crippen LogP contribution in [0.1, 0.15) is 25.3 Å². The van der Waals surface area contributed by atoms with Gasteiger partial charge in [0.2, 0.25) is 5.91 Å². The number of nitrogens with zero attached hydrogens (tertiary/aromatic N) is 2. The van der Waals surface area contributed by atoms with Crippen LogP contribution >= 0.6 is 11.8 Å². The Kier molecular flexibility index (Phi) is 7.64. The van der Waals surface area contributed by atoms with Crippen molar-refractivity contribution < 1.29 is 9.53 Å². The first-order valence-electron chi connectivity index (χ1n) is 9.68. The molecule has 0 saturated carbocycles. The molecule has 3 rings (SSSR count). The van der Waals surface area contributed by atoms with E-state index in [2.05, 4.69) is 34.6 Å². The summed E-state index contributed by atoms with van der Waals surface area (Å²) < 4.78 is 5.37. The van der Waals surface area contributed by atoms with Crippen LogP contribution in [0.15, 0.2) is 65.7 Å². The fourth-order valence-electron chi connectivity index (χ4n) is 2.87. The van der Waals surface area contributed by atoms with Gasteiger partial charge in [-0.05, 0) is 54.8 Å². The number of anilines is 1.